The summed E-state index contributed by atoms with van der Waals surface area (Å²) in [4.78, 5) is 16.4. The number of halogens is 4. The lowest BCUT2D eigenvalue weighted by Gasteiger charge is -2.12. The van der Waals surface area contributed by atoms with Crippen LogP contribution >= 0.6 is 11.6 Å². The van der Waals surface area contributed by atoms with Crippen molar-refractivity contribution < 1.29 is 18.0 Å². The number of benzene rings is 1. The zero-order chi connectivity index (χ0) is 21.2. The van der Waals surface area contributed by atoms with Gasteiger partial charge in [0.25, 0.3) is 0 Å². The summed E-state index contributed by atoms with van der Waals surface area (Å²) in [5.74, 6) is -0.945. The van der Waals surface area contributed by atoms with Crippen molar-refractivity contribution >= 4 is 23.5 Å². The molecule has 0 radical (unpaired) electrons. The fourth-order valence-electron chi connectivity index (χ4n) is 2.61. The van der Waals surface area contributed by atoms with Gasteiger partial charge in [0, 0.05) is 10.7 Å². The summed E-state index contributed by atoms with van der Waals surface area (Å²) in [5, 5.41) is 10.9. The van der Waals surface area contributed by atoms with Crippen molar-refractivity contribution in [3.05, 3.63) is 58.6 Å². The number of amides is 1. The molecule has 154 valence electrons. The van der Waals surface area contributed by atoms with Crippen molar-refractivity contribution in [2.45, 2.75) is 33.1 Å². The minimum absolute atomic E-state index is 0.000764. The van der Waals surface area contributed by atoms with Gasteiger partial charge in [-0.15, -0.1) is 5.10 Å². The second kappa shape index (κ2) is 8.24. The van der Waals surface area contributed by atoms with Crippen LogP contribution in [0.4, 0.5) is 19.1 Å². The second-order valence-electron chi connectivity index (χ2n) is 6.63. The Bertz CT molecular complexity index is 996. The van der Waals surface area contributed by atoms with Crippen molar-refractivity contribution in [1.29, 1.82) is 0 Å². The van der Waals surface area contributed by atoms with Crippen LogP contribution in [0, 0.1) is 12.8 Å². The molecule has 1 N–H and O–H groups in total. The summed E-state index contributed by atoms with van der Waals surface area (Å²) in [6.45, 7) is 3.54. The van der Waals surface area contributed by atoms with Crippen molar-refractivity contribution in [3.8, 4) is 0 Å². The van der Waals surface area contributed by atoms with E-state index >= 15 is 0 Å². The number of carbonyl (C=O) groups excluding carboxylic acids is 1. The van der Waals surface area contributed by atoms with E-state index in [0.29, 0.717) is 17.3 Å². The number of aromatic nitrogens is 5. The van der Waals surface area contributed by atoms with Gasteiger partial charge in [-0.1, -0.05) is 30.7 Å². The van der Waals surface area contributed by atoms with Crippen LogP contribution in [0.15, 0.2) is 36.7 Å². The van der Waals surface area contributed by atoms with Crippen molar-refractivity contribution in [1.82, 2.24) is 24.5 Å². The van der Waals surface area contributed by atoms with Gasteiger partial charge in [-0.05, 0) is 30.7 Å². The van der Waals surface area contributed by atoms with E-state index in [0.717, 1.165) is 11.6 Å². The van der Waals surface area contributed by atoms with Crippen LogP contribution in [0.5, 0.6) is 0 Å². The first-order chi connectivity index (χ1) is 13.6. The Hall–Kier alpha value is -2.88. The van der Waals surface area contributed by atoms with Gasteiger partial charge in [-0.3, -0.25) is 14.8 Å². The van der Waals surface area contributed by atoms with Crippen molar-refractivity contribution in [3.63, 3.8) is 0 Å². The SMILES string of the molecule is Cc1cc(C(F)(F)F)nn1CC(C)C(=O)Nc1ncn(Cc2ccc(Cl)cc2)n1. The average Bonchev–Trinajstić information content (AvgIpc) is 3.23. The standard InChI is InChI=1S/C18H18ClF3N6O/c1-11(8-28-12(2)7-15(25-28)18(20,21)22)16(29)24-17-23-10-27(26-17)9-13-3-5-14(19)6-4-13/h3-7,10-11H,8-9H2,1-2H3,(H,24,26,29). The number of hydrogen-bond acceptors (Lipinski definition) is 4. The number of rotatable bonds is 6. The monoisotopic (exact) mass is 426 g/mol. The van der Waals surface area contributed by atoms with Gasteiger partial charge in [0.05, 0.1) is 19.0 Å². The Morgan fingerprint density at radius 1 is 1.24 bits per heavy atom. The fourth-order valence-corrected chi connectivity index (χ4v) is 2.74. The molecule has 7 nitrogen and oxygen atoms in total. The van der Waals surface area contributed by atoms with E-state index in [1.807, 2.05) is 12.1 Å². The van der Waals surface area contributed by atoms with Gasteiger partial charge < -0.3 is 0 Å². The highest BCUT2D eigenvalue weighted by atomic mass is 35.5. The Morgan fingerprint density at radius 3 is 2.55 bits per heavy atom. The van der Waals surface area contributed by atoms with Crippen LogP contribution < -0.4 is 5.32 Å². The maximum Gasteiger partial charge on any atom is 0.435 e. The van der Waals surface area contributed by atoms with Crippen LogP contribution in [0.3, 0.4) is 0 Å². The minimum atomic E-state index is -4.53. The zero-order valence-electron chi connectivity index (χ0n) is 15.6. The highest BCUT2D eigenvalue weighted by Gasteiger charge is 2.34. The number of anilines is 1. The second-order valence-corrected chi connectivity index (χ2v) is 7.07. The molecule has 2 aromatic heterocycles. The van der Waals surface area contributed by atoms with Crippen molar-refractivity contribution in [2.75, 3.05) is 5.32 Å². The number of aryl methyl sites for hydroxylation is 1. The third-order valence-electron chi connectivity index (χ3n) is 4.20. The quantitative estimate of drug-likeness (QED) is 0.650. The normalized spacial score (nSPS) is 12.8. The van der Waals surface area contributed by atoms with Crippen LogP contribution in [0.2, 0.25) is 5.02 Å². The van der Waals surface area contributed by atoms with E-state index in [2.05, 4.69) is 20.5 Å². The van der Waals surface area contributed by atoms with E-state index in [-0.39, 0.29) is 12.5 Å². The van der Waals surface area contributed by atoms with Gasteiger partial charge in [0.2, 0.25) is 11.9 Å². The summed E-state index contributed by atoms with van der Waals surface area (Å²) in [5.41, 5.74) is 0.299. The summed E-state index contributed by atoms with van der Waals surface area (Å²) < 4.78 is 41.0. The predicted octanol–water partition coefficient (Wildman–Crippen LogP) is 3.78. The topological polar surface area (TPSA) is 77.6 Å². The Morgan fingerprint density at radius 2 is 1.93 bits per heavy atom. The van der Waals surface area contributed by atoms with E-state index in [1.165, 1.54) is 17.9 Å². The molecule has 0 bridgehead atoms. The number of alkyl halides is 3. The maximum atomic E-state index is 12.8. The third-order valence-corrected chi connectivity index (χ3v) is 4.45. The molecule has 0 aliphatic rings. The molecule has 2 heterocycles. The van der Waals surface area contributed by atoms with Gasteiger partial charge >= 0.3 is 6.18 Å². The van der Waals surface area contributed by atoms with Crippen LogP contribution in [-0.2, 0) is 24.1 Å². The average molecular weight is 427 g/mol. The largest absolute Gasteiger partial charge is 0.435 e. The Balaban J connectivity index is 1.59. The van der Waals surface area contributed by atoms with E-state index in [1.54, 1.807) is 23.7 Å². The number of hydrogen-bond donors (Lipinski definition) is 1. The van der Waals surface area contributed by atoms with Crippen LogP contribution in [0.25, 0.3) is 0 Å². The molecular formula is C18H18ClF3N6O. The molecule has 11 heteroatoms. The summed E-state index contributed by atoms with van der Waals surface area (Å²) in [6, 6.07) is 8.18. The number of nitrogens with one attached hydrogen (secondary N) is 1. The molecule has 3 rings (SSSR count). The smallest absolute Gasteiger partial charge is 0.293 e. The molecule has 0 saturated heterocycles. The van der Waals surface area contributed by atoms with Gasteiger partial charge in [0.1, 0.15) is 6.33 Å². The van der Waals surface area contributed by atoms with Crippen LogP contribution in [-0.4, -0.2) is 30.5 Å². The molecule has 0 saturated carbocycles. The first kappa shape index (κ1) is 20.8. The van der Waals surface area contributed by atoms with Gasteiger partial charge in [-0.2, -0.15) is 18.3 Å². The maximum absolute atomic E-state index is 12.8. The molecule has 1 atom stereocenters. The molecule has 29 heavy (non-hydrogen) atoms. The number of carbonyl (C=O) groups is 1. The molecule has 1 unspecified atom stereocenters. The van der Waals surface area contributed by atoms with E-state index < -0.39 is 23.7 Å². The lowest BCUT2D eigenvalue weighted by molar-refractivity contribution is -0.141. The first-order valence-electron chi connectivity index (χ1n) is 8.68. The molecule has 1 aromatic carbocycles. The highest BCUT2D eigenvalue weighted by Crippen LogP contribution is 2.28. The molecule has 0 aliphatic carbocycles. The third kappa shape index (κ3) is 5.35. The molecule has 1 amide bonds. The van der Waals surface area contributed by atoms with Gasteiger partial charge in [-0.25, -0.2) is 9.67 Å². The molecule has 0 fully saturated rings. The lowest BCUT2D eigenvalue weighted by atomic mass is 10.1. The van der Waals surface area contributed by atoms with E-state index in [9.17, 15) is 18.0 Å². The Labute approximate surface area is 169 Å². The molecule has 0 spiro atoms. The summed E-state index contributed by atoms with van der Waals surface area (Å²) >= 11 is 5.85. The predicted molar refractivity (Wildman–Crippen MR) is 100 cm³/mol. The zero-order valence-corrected chi connectivity index (χ0v) is 16.4. The summed E-state index contributed by atoms with van der Waals surface area (Å²) in [7, 11) is 0. The van der Waals surface area contributed by atoms with E-state index in [4.69, 9.17) is 11.6 Å². The van der Waals surface area contributed by atoms with Crippen molar-refractivity contribution in [2.24, 2.45) is 5.92 Å². The fraction of sp³-hybridized carbons (Fsp3) is 0.333. The first-order valence-corrected chi connectivity index (χ1v) is 9.06. The molecule has 3 aromatic rings. The molecular weight excluding hydrogens is 409 g/mol. The highest BCUT2D eigenvalue weighted by molar-refractivity contribution is 6.30. The Kier molecular flexibility index (Phi) is 5.92. The number of nitrogens with zero attached hydrogens (tertiary/aromatic N) is 5. The van der Waals surface area contributed by atoms with Gasteiger partial charge in [0.15, 0.2) is 5.69 Å². The molecule has 0 aliphatic heterocycles. The lowest BCUT2D eigenvalue weighted by Crippen LogP contribution is -2.26. The van der Waals surface area contributed by atoms with Crippen LogP contribution in [0.1, 0.15) is 23.9 Å². The summed E-state index contributed by atoms with van der Waals surface area (Å²) in [6.07, 6.45) is -3.05. The minimum Gasteiger partial charge on any atom is -0.293 e.